The quantitative estimate of drug-likeness (QED) is 0.845. The van der Waals surface area contributed by atoms with Gasteiger partial charge in [-0.3, -0.25) is 9.88 Å². The maximum absolute atomic E-state index is 11.0. The maximum Gasteiger partial charge on any atom is 0.356 e. The molecule has 0 bridgehead atoms. The second-order valence-corrected chi connectivity index (χ2v) is 6.10. The summed E-state index contributed by atoms with van der Waals surface area (Å²) in [7, 11) is 0. The van der Waals surface area contributed by atoms with Crippen LogP contribution in [0.3, 0.4) is 0 Å². The van der Waals surface area contributed by atoms with Gasteiger partial charge in [-0.1, -0.05) is 12.8 Å². The van der Waals surface area contributed by atoms with Crippen molar-refractivity contribution in [3.05, 3.63) is 18.1 Å². The van der Waals surface area contributed by atoms with Crippen LogP contribution >= 0.6 is 0 Å². The van der Waals surface area contributed by atoms with E-state index in [0.29, 0.717) is 24.9 Å². The van der Waals surface area contributed by atoms with Crippen LogP contribution in [-0.4, -0.2) is 69.4 Å². The molecule has 22 heavy (non-hydrogen) atoms. The number of aliphatic hydroxyl groups excluding tert-OH is 1. The number of rotatable bonds is 3. The molecule has 7 heteroatoms. The van der Waals surface area contributed by atoms with Gasteiger partial charge in [-0.05, 0) is 12.8 Å². The second-order valence-electron chi connectivity index (χ2n) is 6.10. The van der Waals surface area contributed by atoms with Crippen molar-refractivity contribution < 1.29 is 15.0 Å². The number of β-amino-alcohol motifs (C(OH)–C–C–N with tert-alkyl or cyclic N) is 1. The van der Waals surface area contributed by atoms with Crippen molar-refractivity contribution in [1.29, 1.82) is 0 Å². The summed E-state index contributed by atoms with van der Waals surface area (Å²) in [5, 5.41) is 19.3. The molecule has 120 valence electrons. The fourth-order valence-electron chi connectivity index (χ4n) is 3.43. The van der Waals surface area contributed by atoms with E-state index in [1.54, 1.807) is 6.20 Å². The van der Waals surface area contributed by atoms with E-state index in [4.69, 9.17) is 5.11 Å². The van der Waals surface area contributed by atoms with Crippen molar-refractivity contribution >= 4 is 11.8 Å². The third-order valence-corrected chi connectivity index (χ3v) is 4.54. The van der Waals surface area contributed by atoms with Gasteiger partial charge in [0.1, 0.15) is 5.82 Å². The van der Waals surface area contributed by atoms with Crippen LogP contribution in [0, 0.1) is 0 Å². The van der Waals surface area contributed by atoms with Gasteiger partial charge in [0.15, 0.2) is 5.69 Å². The van der Waals surface area contributed by atoms with Gasteiger partial charge in [0.2, 0.25) is 0 Å². The van der Waals surface area contributed by atoms with Crippen molar-refractivity contribution in [2.75, 3.05) is 31.1 Å². The number of nitrogens with zero attached hydrogens (tertiary/aromatic N) is 4. The molecule has 2 aliphatic rings. The molecule has 0 unspecified atom stereocenters. The van der Waals surface area contributed by atoms with E-state index in [1.165, 1.54) is 31.9 Å². The van der Waals surface area contributed by atoms with Crippen molar-refractivity contribution in [2.24, 2.45) is 0 Å². The lowest BCUT2D eigenvalue weighted by Crippen LogP contribution is -2.39. The molecule has 2 fully saturated rings. The van der Waals surface area contributed by atoms with Gasteiger partial charge in [-0.25, -0.2) is 9.78 Å². The Balaban J connectivity index is 1.72. The van der Waals surface area contributed by atoms with Gasteiger partial charge < -0.3 is 15.1 Å². The van der Waals surface area contributed by atoms with Crippen LogP contribution in [0.5, 0.6) is 0 Å². The number of anilines is 1. The fourth-order valence-corrected chi connectivity index (χ4v) is 3.43. The van der Waals surface area contributed by atoms with Crippen molar-refractivity contribution in [3.8, 4) is 0 Å². The van der Waals surface area contributed by atoms with Gasteiger partial charge in [-0.15, -0.1) is 0 Å². The molecule has 0 spiro atoms. The summed E-state index contributed by atoms with van der Waals surface area (Å²) in [6.45, 7) is 2.72. The Morgan fingerprint density at radius 2 is 1.95 bits per heavy atom. The van der Waals surface area contributed by atoms with E-state index in [1.807, 2.05) is 4.90 Å². The second kappa shape index (κ2) is 6.58. The molecule has 1 aliphatic carbocycles. The standard InChI is InChI=1S/C15H22N4O3/c20-12-9-18(11-3-1-2-4-11)5-6-19(10-12)14-8-16-7-13(17-14)15(21)22/h7-8,11-12,20H,1-6,9-10H2,(H,21,22)/t12-/m1/s1. The van der Waals surface area contributed by atoms with Crippen LogP contribution in [0.1, 0.15) is 36.2 Å². The van der Waals surface area contributed by atoms with E-state index < -0.39 is 12.1 Å². The summed E-state index contributed by atoms with van der Waals surface area (Å²) in [6.07, 6.45) is 7.30. The summed E-state index contributed by atoms with van der Waals surface area (Å²) >= 11 is 0. The van der Waals surface area contributed by atoms with Crippen LogP contribution in [0.25, 0.3) is 0 Å². The first-order valence-corrected chi connectivity index (χ1v) is 7.86. The number of aliphatic hydroxyl groups is 1. The Kier molecular flexibility index (Phi) is 4.54. The van der Waals surface area contributed by atoms with Gasteiger partial charge in [0.05, 0.1) is 18.5 Å². The minimum absolute atomic E-state index is 0.0658. The molecule has 0 radical (unpaired) electrons. The molecule has 1 aliphatic heterocycles. The number of carboxylic acid groups (broad SMARTS) is 1. The Morgan fingerprint density at radius 1 is 1.18 bits per heavy atom. The Labute approximate surface area is 129 Å². The van der Waals surface area contributed by atoms with E-state index >= 15 is 0 Å². The van der Waals surface area contributed by atoms with E-state index in [2.05, 4.69) is 14.9 Å². The molecule has 0 amide bonds. The highest BCUT2D eigenvalue weighted by atomic mass is 16.4. The van der Waals surface area contributed by atoms with Gasteiger partial charge in [0, 0.05) is 32.2 Å². The minimum Gasteiger partial charge on any atom is -0.476 e. The molecule has 1 saturated carbocycles. The van der Waals surface area contributed by atoms with Crippen LogP contribution in [0.15, 0.2) is 12.4 Å². The van der Waals surface area contributed by atoms with Crippen LogP contribution < -0.4 is 4.90 Å². The fraction of sp³-hybridized carbons (Fsp3) is 0.667. The number of hydrogen-bond acceptors (Lipinski definition) is 6. The van der Waals surface area contributed by atoms with Gasteiger partial charge in [0.25, 0.3) is 0 Å². The summed E-state index contributed by atoms with van der Waals surface area (Å²) < 4.78 is 0. The van der Waals surface area contributed by atoms with Crippen molar-refractivity contribution in [1.82, 2.24) is 14.9 Å². The lowest BCUT2D eigenvalue weighted by molar-refractivity contribution is 0.0690. The average molecular weight is 306 g/mol. The lowest BCUT2D eigenvalue weighted by atomic mass is 10.2. The molecule has 0 aromatic carbocycles. The van der Waals surface area contributed by atoms with Crippen molar-refractivity contribution in [2.45, 2.75) is 37.8 Å². The van der Waals surface area contributed by atoms with E-state index in [9.17, 15) is 9.90 Å². The number of aromatic nitrogens is 2. The molecule has 7 nitrogen and oxygen atoms in total. The molecule has 1 saturated heterocycles. The van der Waals surface area contributed by atoms with Gasteiger partial charge >= 0.3 is 5.97 Å². The lowest BCUT2D eigenvalue weighted by Gasteiger charge is -2.27. The van der Waals surface area contributed by atoms with E-state index in [-0.39, 0.29) is 5.69 Å². The monoisotopic (exact) mass is 306 g/mol. The Morgan fingerprint density at radius 3 is 2.68 bits per heavy atom. The number of aromatic carboxylic acids is 1. The summed E-state index contributed by atoms with van der Waals surface area (Å²) in [5.74, 6) is -0.565. The molecule has 1 aromatic rings. The SMILES string of the molecule is O=C(O)c1cncc(N2CCN(C3CCCC3)C[C@@H](O)C2)n1. The average Bonchev–Trinajstić information content (AvgIpc) is 2.97. The molecular weight excluding hydrogens is 284 g/mol. The van der Waals surface area contributed by atoms with Crippen LogP contribution in [-0.2, 0) is 0 Å². The Bertz CT molecular complexity index is 533. The highest BCUT2D eigenvalue weighted by molar-refractivity contribution is 5.85. The highest BCUT2D eigenvalue weighted by Gasteiger charge is 2.28. The Hall–Kier alpha value is -1.73. The van der Waals surface area contributed by atoms with Crippen LogP contribution in [0.4, 0.5) is 5.82 Å². The highest BCUT2D eigenvalue weighted by Crippen LogP contribution is 2.25. The first-order chi connectivity index (χ1) is 10.6. The minimum atomic E-state index is -1.09. The van der Waals surface area contributed by atoms with Crippen molar-refractivity contribution in [3.63, 3.8) is 0 Å². The number of carboxylic acids is 1. The zero-order valence-electron chi connectivity index (χ0n) is 12.6. The van der Waals surface area contributed by atoms with Gasteiger partial charge in [-0.2, -0.15) is 0 Å². The molecule has 2 N–H and O–H groups in total. The third kappa shape index (κ3) is 3.36. The normalized spacial score (nSPS) is 24.4. The number of carbonyl (C=O) groups is 1. The third-order valence-electron chi connectivity index (χ3n) is 4.54. The molecule has 1 atom stereocenters. The molecule has 2 heterocycles. The summed E-state index contributed by atoms with van der Waals surface area (Å²) in [6, 6.07) is 0.575. The zero-order valence-corrected chi connectivity index (χ0v) is 12.6. The first kappa shape index (κ1) is 15.2. The summed E-state index contributed by atoms with van der Waals surface area (Å²) in [5.41, 5.74) is -0.0658. The smallest absolute Gasteiger partial charge is 0.356 e. The number of hydrogen-bond donors (Lipinski definition) is 2. The first-order valence-electron chi connectivity index (χ1n) is 7.86. The zero-order chi connectivity index (χ0) is 15.5. The molecule has 1 aromatic heterocycles. The molecule has 3 rings (SSSR count). The van der Waals surface area contributed by atoms with Crippen LogP contribution in [0.2, 0.25) is 0 Å². The largest absolute Gasteiger partial charge is 0.476 e. The maximum atomic E-state index is 11.0. The predicted octanol–water partition coefficient (Wildman–Crippen LogP) is 0.600. The summed E-state index contributed by atoms with van der Waals surface area (Å²) in [4.78, 5) is 23.4. The van der Waals surface area contributed by atoms with E-state index in [0.717, 1.165) is 13.1 Å². The molecular formula is C15H22N4O3. The predicted molar refractivity (Wildman–Crippen MR) is 81.0 cm³/mol. The topological polar surface area (TPSA) is 89.8 Å².